The van der Waals surface area contributed by atoms with Crippen LogP contribution in [0.5, 0.6) is 11.5 Å². The maximum Gasteiger partial charge on any atom is 0.343 e. The Bertz CT molecular complexity index is 1010. The summed E-state index contributed by atoms with van der Waals surface area (Å²) < 4.78 is 16.2. The fourth-order valence-corrected chi connectivity index (χ4v) is 2.59. The van der Waals surface area contributed by atoms with E-state index in [0.29, 0.717) is 28.4 Å². The van der Waals surface area contributed by atoms with Crippen molar-refractivity contribution in [2.24, 2.45) is 0 Å². The Morgan fingerprint density at radius 1 is 1.08 bits per heavy atom. The van der Waals surface area contributed by atoms with Crippen molar-refractivity contribution in [2.45, 2.75) is 6.92 Å². The molecule has 26 heavy (non-hydrogen) atoms. The number of ether oxygens (including phenoxy) is 2. The summed E-state index contributed by atoms with van der Waals surface area (Å²) in [7, 11) is 0. The van der Waals surface area contributed by atoms with E-state index in [1.54, 1.807) is 36.4 Å². The summed E-state index contributed by atoms with van der Waals surface area (Å²) in [5.41, 5.74) is 1.92. The molecule has 0 radical (unpaired) electrons. The number of carbonyl (C=O) groups excluding carboxylic acids is 2. The Morgan fingerprint density at radius 3 is 2.62 bits per heavy atom. The highest BCUT2D eigenvalue weighted by Crippen LogP contribution is 2.35. The van der Waals surface area contributed by atoms with Crippen LogP contribution >= 0.6 is 0 Å². The van der Waals surface area contributed by atoms with Crippen LogP contribution in [0.1, 0.15) is 32.0 Å². The van der Waals surface area contributed by atoms with Crippen molar-refractivity contribution in [1.82, 2.24) is 0 Å². The number of Topliss-reactive ketones (excluding diaryl/α,β-unsaturated/α-hetero) is 1. The molecule has 2 aromatic carbocycles. The lowest BCUT2D eigenvalue weighted by molar-refractivity contribution is 0.0734. The van der Waals surface area contributed by atoms with E-state index >= 15 is 0 Å². The van der Waals surface area contributed by atoms with Gasteiger partial charge in [-0.3, -0.25) is 4.79 Å². The molecule has 5 nitrogen and oxygen atoms in total. The molecular formula is C21H14O5. The van der Waals surface area contributed by atoms with Crippen molar-refractivity contribution >= 4 is 17.8 Å². The largest absolute Gasteiger partial charge is 0.465 e. The van der Waals surface area contributed by atoms with Crippen molar-refractivity contribution in [3.63, 3.8) is 0 Å². The lowest BCUT2D eigenvalue weighted by Crippen LogP contribution is -2.08. The molecule has 0 amide bonds. The van der Waals surface area contributed by atoms with Gasteiger partial charge in [0, 0.05) is 12.1 Å². The first-order valence-electron chi connectivity index (χ1n) is 8.01. The third kappa shape index (κ3) is 3.02. The first-order chi connectivity index (χ1) is 12.6. The summed E-state index contributed by atoms with van der Waals surface area (Å²) in [6.45, 7) is 1.94. The van der Waals surface area contributed by atoms with Gasteiger partial charge in [-0.2, -0.15) is 0 Å². The van der Waals surface area contributed by atoms with Crippen LogP contribution in [-0.2, 0) is 0 Å². The molecule has 0 fully saturated rings. The van der Waals surface area contributed by atoms with E-state index in [-0.39, 0.29) is 11.5 Å². The second-order valence-electron chi connectivity index (χ2n) is 5.87. The number of esters is 1. The van der Waals surface area contributed by atoms with E-state index in [0.717, 1.165) is 5.56 Å². The number of fused-ring (bicyclic) bond motifs is 1. The lowest BCUT2D eigenvalue weighted by Gasteiger charge is -2.06. The monoisotopic (exact) mass is 346 g/mol. The molecule has 0 bridgehead atoms. The van der Waals surface area contributed by atoms with Gasteiger partial charge < -0.3 is 13.9 Å². The maximum absolute atomic E-state index is 12.4. The van der Waals surface area contributed by atoms with Crippen LogP contribution in [0.4, 0.5) is 0 Å². The lowest BCUT2D eigenvalue weighted by atomic mass is 10.1. The maximum atomic E-state index is 12.4. The van der Waals surface area contributed by atoms with E-state index in [2.05, 4.69) is 0 Å². The zero-order valence-electron chi connectivity index (χ0n) is 13.9. The number of rotatable bonds is 3. The summed E-state index contributed by atoms with van der Waals surface area (Å²) in [5, 5.41) is 0. The molecule has 1 aliphatic rings. The Hall–Kier alpha value is -3.60. The van der Waals surface area contributed by atoms with Gasteiger partial charge in [-0.25, -0.2) is 4.79 Å². The van der Waals surface area contributed by atoms with Crippen LogP contribution < -0.4 is 9.47 Å². The molecule has 0 unspecified atom stereocenters. The molecule has 0 saturated carbocycles. The highest BCUT2D eigenvalue weighted by molar-refractivity contribution is 6.14. The summed E-state index contributed by atoms with van der Waals surface area (Å²) in [5.74, 6) is 0.626. The third-order valence-electron chi connectivity index (χ3n) is 3.96. The number of hydrogen-bond acceptors (Lipinski definition) is 5. The number of furan rings is 1. The van der Waals surface area contributed by atoms with Crippen molar-refractivity contribution in [3.05, 3.63) is 89.1 Å². The predicted molar refractivity (Wildman–Crippen MR) is 94.2 cm³/mol. The minimum absolute atomic E-state index is 0.164. The SMILES string of the molecule is Cc1ccc(C(=O)Oc2ccc3c(c2)O/C(=C\c2ccco2)C3=O)cc1. The average molecular weight is 346 g/mol. The molecule has 0 atom stereocenters. The predicted octanol–water partition coefficient (Wildman–Crippen LogP) is 4.42. The van der Waals surface area contributed by atoms with Gasteiger partial charge in [-0.1, -0.05) is 17.7 Å². The average Bonchev–Trinajstić information content (AvgIpc) is 3.24. The van der Waals surface area contributed by atoms with E-state index in [4.69, 9.17) is 13.9 Å². The number of hydrogen-bond donors (Lipinski definition) is 0. The summed E-state index contributed by atoms with van der Waals surface area (Å²) >= 11 is 0. The van der Waals surface area contributed by atoms with E-state index in [9.17, 15) is 9.59 Å². The van der Waals surface area contributed by atoms with Gasteiger partial charge in [0.25, 0.3) is 0 Å². The Balaban J connectivity index is 1.55. The highest BCUT2D eigenvalue weighted by Gasteiger charge is 2.28. The molecule has 3 aromatic rings. The van der Waals surface area contributed by atoms with Crippen molar-refractivity contribution in [2.75, 3.05) is 0 Å². The highest BCUT2D eigenvalue weighted by atomic mass is 16.5. The first-order valence-corrected chi connectivity index (χ1v) is 8.01. The number of aryl methyl sites for hydroxylation is 1. The summed E-state index contributed by atoms with van der Waals surface area (Å²) in [4.78, 5) is 24.6. The van der Waals surface area contributed by atoms with E-state index in [1.165, 1.54) is 18.4 Å². The zero-order chi connectivity index (χ0) is 18.1. The summed E-state index contributed by atoms with van der Waals surface area (Å²) in [6, 6.07) is 15.2. The molecule has 1 aliphatic heterocycles. The van der Waals surface area contributed by atoms with Gasteiger partial charge in [0.2, 0.25) is 5.78 Å². The van der Waals surface area contributed by atoms with Gasteiger partial charge in [0.1, 0.15) is 17.3 Å². The van der Waals surface area contributed by atoms with Gasteiger partial charge >= 0.3 is 5.97 Å². The second kappa shape index (κ2) is 6.37. The van der Waals surface area contributed by atoms with Crippen molar-refractivity contribution in [3.8, 4) is 11.5 Å². The minimum Gasteiger partial charge on any atom is -0.465 e. The molecule has 0 spiro atoms. The molecule has 2 heterocycles. The molecule has 0 saturated heterocycles. The third-order valence-corrected chi connectivity index (χ3v) is 3.96. The molecular weight excluding hydrogens is 332 g/mol. The first kappa shape index (κ1) is 15.9. The number of carbonyl (C=O) groups is 2. The number of benzene rings is 2. The fourth-order valence-electron chi connectivity index (χ4n) is 2.59. The Kier molecular flexibility index (Phi) is 3.89. The topological polar surface area (TPSA) is 65.7 Å². The van der Waals surface area contributed by atoms with Crippen molar-refractivity contribution < 1.29 is 23.5 Å². The fraction of sp³-hybridized carbons (Fsp3) is 0.0476. The van der Waals surface area contributed by atoms with Gasteiger partial charge in [0.05, 0.1) is 17.4 Å². The molecule has 1 aromatic heterocycles. The van der Waals surface area contributed by atoms with Crippen LogP contribution in [-0.4, -0.2) is 11.8 Å². The van der Waals surface area contributed by atoms with E-state index < -0.39 is 5.97 Å². The summed E-state index contributed by atoms with van der Waals surface area (Å²) in [6.07, 6.45) is 3.04. The molecule has 0 aliphatic carbocycles. The number of ketones is 1. The van der Waals surface area contributed by atoms with Crippen LogP contribution in [0, 0.1) is 6.92 Å². The van der Waals surface area contributed by atoms with Crippen LogP contribution in [0.25, 0.3) is 6.08 Å². The molecule has 5 heteroatoms. The second-order valence-corrected chi connectivity index (χ2v) is 5.87. The molecule has 128 valence electrons. The number of allylic oxidation sites excluding steroid dienone is 1. The van der Waals surface area contributed by atoms with Crippen molar-refractivity contribution in [1.29, 1.82) is 0 Å². The smallest absolute Gasteiger partial charge is 0.343 e. The molecule has 0 N–H and O–H groups in total. The van der Waals surface area contributed by atoms with Crippen LogP contribution in [0.2, 0.25) is 0 Å². The van der Waals surface area contributed by atoms with Crippen LogP contribution in [0.3, 0.4) is 0 Å². The quantitative estimate of drug-likeness (QED) is 0.399. The van der Waals surface area contributed by atoms with Gasteiger partial charge in [-0.15, -0.1) is 0 Å². The van der Waals surface area contributed by atoms with Crippen LogP contribution in [0.15, 0.2) is 71.0 Å². The Morgan fingerprint density at radius 2 is 1.88 bits per heavy atom. The standard InChI is InChI=1S/C21H14O5/c1-13-4-6-14(7-5-13)21(23)25-16-8-9-17-18(12-16)26-19(20(17)22)11-15-3-2-10-24-15/h2-12H,1H3/b19-11-. The normalized spacial score (nSPS) is 14.2. The van der Waals surface area contributed by atoms with Gasteiger partial charge in [-0.05, 0) is 43.3 Å². The zero-order valence-corrected chi connectivity index (χ0v) is 13.9. The van der Waals surface area contributed by atoms with E-state index in [1.807, 2.05) is 19.1 Å². The Labute approximate surface area is 149 Å². The minimum atomic E-state index is -0.472. The van der Waals surface area contributed by atoms with Gasteiger partial charge in [0.15, 0.2) is 5.76 Å². The molecule has 4 rings (SSSR count).